The summed E-state index contributed by atoms with van der Waals surface area (Å²) < 4.78 is 26.9. The molecule has 0 aliphatic heterocycles. The number of rotatable bonds is 5. The van der Waals surface area contributed by atoms with E-state index in [-0.39, 0.29) is 23.8 Å². The van der Waals surface area contributed by atoms with Crippen molar-refractivity contribution < 1.29 is 13.5 Å². The zero-order valence-corrected chi connectivity index (χ0v) is 12.8. The Morgan fingerprint density at radius 3 is 2.37 bits per heavy atom. The molecule has 0 radical (unpaired) electrons. The lowest BCUT2D eigenvalue weighted by molar-refractivity contribution is 0.281. The van der Waals surface area contributed by atoms with Crippen LogP contribution >= 0.6 is 0 Å². The number of benzene rings is 1. The van der Waals surface area contributed by atoms with Crippen molar-refractivity contribution >= 4 is 10.0 Å². The molecule has 0 aliphatic rings. The SMILES string of the molecule is CC(NS(=O)(=O)Cc1cccc(CO)c1)C(C)(C)C. The van der Waals surface area contributed by atoms with Gasteiger partial charge in [0.1, 0.15) is 0 Å². The van der Waals surface area contributed by atoms with Crippen LogP contribution in [-0.2, 0) is 22.4 Å². The van der Waals surface area contributed by atoms with Gasteiger partial charge in [-0.3, -0.25) is 0 Å². The van der Waals surface area contributed by atoms with Gasteiger partial charge in [-0.2, -0.15) is 0 Å². The quantitative estimate of drug-likeness (QED) is 0.870. The molecule has 1 unspecified atom stereocenters. The predicted octanol–water partition coefficient (Wildman–Crippen LogP) is 2.03. The lowest BCUT2D eigenvalue weighted by Gasteiger charge is -2.27. The Kier molecular flexibility index (Phi) is 5.12. The Bertz CT molecular complexity index is 518. The summed E-state index contributed by atoms with van der Waals surface area (Å²) in [5.41, 5.74) is 1.27. The van der Waals surface area contributed by atoms with Crippen LogP contribution in [0.1, 0.15) is 38.8 Å². The highest BCUT2D eigenvalue weighted by atomic mass is 32.2. The number of aliphatic hydroxyl groups is 1. The van der Waals surface area contributed by atoms with Gasteiger partial charge >= 0.3 is 0 Å². The van der Waals surface area contributed by atoms with E-state index < -0.39 is 10.0 Å². The molecule has 2 N–H and O–H groups in total. The van der Waals surface area contributed by atoms with Crippen molar-refractivity contribution in [3.8, 4) is 0 Å². The van der Waals surface area contributed by atoms with Crippen LogP contribution in [0.4, 0.5) is 0 Å². The second-order valence-electron chi connectivity index (χ2n) is 5.94. The Hall–Kier alpha value is -0.910. The molecule has 0 aliphatic carbocycles. The summed E-state index contributed by atoms with van der Waals surface area (Å²) in [6.07, 6.45) is 0. The minimum Gasteiger partial charge on any atom is -0.392 e. The van der Waals surface area contributed by atoms with E-state index in [9.17, 15) is 8.42 Å². The van der Waals surface area contributed by atoms with E-state index in [1.54, 1.807) is 24.3 Å². The Morgan fingerprint density at radius 2 is 1.84 bits per heavy atom. The number of hydrogen-bond acceptors (Lipinski definition) is 3. The van der Waals surface area contributed by atoms with Crippen LogP contribution < -0.4 is 4.72 Å². The molecule has 0 aromatic heterocycles. The minimum absolute atomic E-state index is 0.0682. The maximum Gasteiger partial charge on any atom is 0.216 e. The highest BCUT2D eigenvalue weighted by Crippen LogP contribution is 2.20. The summed E-state index contributed by atoms with van der Waals surface area (Å²) in [6, 6.07) is 6.84. The summed E-state index contributed by atoms with van der Waals surface area (Å²) in [4.78, 5) is 0. The summed E-state index contributed by atoms with van der Waals surface area (Å²) >= 11 is 0. The predicted molar refractivity (Wildman–Crippen MR) is 77.0 cm³/mol. The zero-order valence-electron chi connectivity index (χ0n) is 12.0. The fourth-order valence-corrected chi connectivity index (χ4v) is 3.12. The van der Waals surface area contributed by atoms with Gasteiger partial charge in [-0.1, -0.05) is 45.0 Å². The van der Waals surface area contributed by atoms with E-state index in [0.717, 1.165) is 5.56 Å². The molecule has 0 saturated carbocycles. The molecule has 19 heavy (non-hydrogen) atoms. The second-order valence-corrected chi connectivity index (χ2v) is 7.70. The van der Waals surface area contributed by atoms with Crippen LogP contribution in [0.25, 0.3) is 0 Å². The first-order valence-electron chi connectivity index (χ1n) is 6.33. The number of nitrogens with one attached hydrogen (secondary N) is 1. The molecular weight excluding hydrogens is 262 g/mol. The van der Waals surface area contributed by atoms with Crippen molar-refractivity contribution in [3.05, 3.63) is 35.4 Å². The Balaban J connectivity index is 2.79. The first-order valence-corrected chi connectivity index (χ1v) is 7.98. The van der Waals surface area contributed by atoms with Crippen LogP contribution in [0.2, 0.25) is 0 Å². The molecule has 108 valence electrons. The first-order chi connectivity index (χ1) is 8.64. The molecule has 1 rings (SSSR count). The average Bonchev–Trinajstić information content (AvgIpc) is 2.26. The molecular formula is C14H23NO3S. The van der Waals surface area contributed by atoms with Gasteiger partial charge in [0, 0.05) is 6.04 Å². The Labute approximate surface area is 115 Å². The molecule has 0 heterocycles. The van der Waals surface area contributed by atoms with Gasteiger partial charge in [-0.05, 0) is 23.5 Å². The van der Waals surface area contributed by atoms with E-state index in [1.165, 1.54) is 0 Å². The summed E-state index contributed by atoms with van der Waals surface area (Å²) in [5.74, 6) is -0.0682. The van der Waals surface area contributed by atoms with E-state index in [0.29, 0.717) is 5.56 Å². The third-order valence-electron chi connectivity index (χ3n) is 3.19. The van der Waals surface area contributed by atoms with Gasteiger partial charge < -0.3 is 5.11 Å². The normalized spacial score (nSPS) is 14.4. The molecule has 1 aromatic carbocycles. The van der Waals surface area contributed by atoms with Crippen molar-refractivity contribution in [2.75, 3.05) is 0 Å². The number of aliphatic hydroxyl groups excluding tert-OH is 1. The molecule has 1 atom stereocenters. The van der Waals surface area contributed by atoms with Crippen LogP contribution in [0, 0.1) is 5.41 Å². The van der Waals surface area contributed by atoms with Crippen molar-refractivity contribution in [1.29, 1.82) is 0 Å². The monoisotopic (exact) mass is 285 g/mol. The molecule has 0 saturated heterocycles. The van der Waals surface area contributed by atoms with Gasteiger partial charge in [-0.25, -0.2) is 13.1 Å². The molecule has 1 aromatic rings. The number of hydrogen-bond donors (Lipinski definition) is 2. The summed E-state index contributed by atoms with van der Waals surface area (Å²) in [6.45, 7) is 7.76. The van der Waals surface area contributed by atoms with Gasteiger partial charge in [0.05, 0.1) is 12.4 Å². The highest BCUT2D eigenvalue weighted by molar-refractivity contribution is 7.88. The van der Waals surface area contributed by atoms with Gasteiger partial charge in [0.25, 0.3) is 0 Å². The van der Waals surface area contributed by atoms with Crippen molar-refractivity contribution in [2.45, 2.75) is 46.1 Å². The summed E-state index contributed by atoms with van der Waals surface area (Å²) in [5, 5.41) is 9.05. The van der Waals surface area contributed by atoms with Crippen molar-refractivity contribution in [1.82, 2.24) is 4.72 Å². The standard InChI is InChI=1S/C14H23NO3S/c1-11(14(2,3)4)15-19(17,18)10-13-7-5-6-12(8-13)9-16/h5-8,11,15-16H,9-10H2,1-4H3. The molecule has 0 amide bonds. The maximum absolute atomic E-state index is 12.1. The zero-order chi connectivity index (χ0) is 14.7. The molecule has 0 spiro atoms. The molecule has 5 heteroatoms. The van der Waals surface area contributed by atoms with Gasteiger partial charge in [0.15, 0.2) is 0 Å². The minimum atomic E-state index is -3.37. The fourth-order valence-electron chi connectivity index (χ4n) is 1.52. The van der Waals surface area contributed by atoms with Crippen LogP contribution in [0.5, 0.6) is 0 Å². The van der Waals surface area contributed by atoms with E-state index >= 15 is 0 Å². The smallest absolute Gasteiger partial charge is 0.216 e. The number of sulfonamides is 1. The maximum atomic E-state index is 12.1. The topological polar surface area (TPSA) is 66.4 Å². The molecule has 4 nitrogen and oxygen atoms in total. The third kappa shape index (κ3) is 5.30. The van der Waals surface area contributed by atoms with E-state index in [2.05, 4.69) is 4.72 Å². The Morgan fingerprint density at radius 1 is 1.26 bits per heavy atom. The van der Waals surface area contributed by atoms with Crippen molar-refractivity contribution in [2.24, 2.45) is 5.41 Å². The second kappa shape index (κ2) is 6.03. The first kappa shape index (κ1) is 16.1. The van der Waals surface area contributed by atoms with Crippen LogP contribution in [0.3, 0.4) is 0 Å². The fraction of sp³-hybridized carbons (Fsp3) is 0.571. The third-order valence-corrected chi connectivity index (χ3v) is 4.61. The lowest BCUT2D eigenvalue weighted by atomic mass is 9.89. The highest BCUT2D eigenvalue weighted by Gasteiger charge is 2.24. The van der Waals surface area contributed by atoms with Crippen molar-refractivity contribution in [3.63, 3.8) is 0 Å². The molecule has 0 bridgehead atoms. The largest absolute Gasteiger partial charge is 0.392 e. The molecule has 0 fully saturated rings. The van der Waals surface area contributed by atoms with E-state index in [1.807, 2.05) is 27.7 Å². The van der Waals surface area contributed by atoms with Crippen LogP contribution in [0.15, 0.2) is 24.3 Å². The summed E-state index contributed by atoms with van der Waals surface area (Å²) in [7, 11) is -3.37. The lowest BCUT2D eigenvalue weighted by Crippen LogP contribution is -2.41. The van der Waals surface area contributed by atoms with E-state index in [4.69, 9.17) is 5.11 Å². The average molecular weight is 285 g/mol. The van der Waals surface area contributed by atoms with Gasteiger partial charge in [-0.15, -0.1) is 0 Å². The van der Waals surface area contributed by atoms with Crippen LogP contribution in [-0.4, -0.2) is 19.6 Å². The van der Waals surface area contributed by atoms with Gasteiger partial charge in [0.2, 0.25) is 10.0 Å².